The summed E-state index contributed by atoms with van der Waals surface area (Å²) >= 11 is 0. The molecular weight excluding hydrogens is 415 g/mol. The van der Waals surface area contributed by atoms with Crippen molar-refractivity contribution in [3.63, 3.8) is 0 Å². The molecule has 7 heteroatoms. The summed E-state index contributed by atoms with van der Waals surface area (Å²) in [6, 6.07) is 22.0. The quantitative estimate of drug-likeness (QED) is 0.370. The number of rotatable bonds is 6. The molecule has 0 bridgehead atoms. The average Bonchev–Trinajstić information content (AvgIpc) is 3.31. The van der Waals surface area contributed by atoms with Crippen molar-refractivity contribution in [2.24, 2.45) is 0 Å². The third-order valence-electron chi connectivity index (χ3n) is 5.30. The van der Waals surface area contributed by atoms with E-state index in [0.717, 1.165) is 22.4 Å². The van der Waals surface area contributed by atoms with Crippen LogP contribution in [-0.2, 0) is 0 Å². The second-order valence-electron chi connectivity index (χ2n) is 7.58. The predicted octanol–water partition coefficient (Wildman–Crippen LogP) is 5.70. The van der Waals surface area contributed by atoms with Gasteiger partial charge in [-0.25, -0.2) is 14.4 Å². The highest BCUT2D eigenvalue weighted by molar-refractivity contribution is 5.66. The first kappa shape index (κ1) is 20.5. The van der Waals surface area contributed by atoms with Crippen LogP contribution in [0.15, 0.2) is 97.6 Å². The summed E-state index contributed by atoms with van der Waals surface area (Å²) in [5, 5.41) is 3.36. The molecule has 1 atom stereocenters. The molecule has 0 aliphatic heterocycles. The van der Waals surface area contributed by atoms with Crippen LogP contribution >= 0.6 is 0 Å². The summed E-state index contributed by atoms with van der Waals surface area (Å²) < 4.78 is 15.4. The van der Waals surface area contributed by atoms with Crippen LogP contribution in [0.4, 0.5) is 10.3 Å². The Morgan fingerprint density at radius 2 is 1.67 bits per heavy atom. The molecule has 0 unspecified atom stereocenters. The largest absolute Gasteiger partial charge is 0.348 e. The number of benzene rings is 2. The van der Waals surface area contributed by atoms with Crippen molar-refractivity contribution in [2.75, 3.05) is 5.32 Å². The zero-order valence-electron chi connectivity index (χ0n) is 17.9. The van der Waals surface area contributed by atoms with Crippen LogP contribution in [0.3, 0.4) is 0 Å². The van der Waals surface area contributed by atoms with Gasteiger partial charge in [-0.2, -0.15) is 4.98 Å². The Labute approximate surface area is 190 Å². The molecule has 162 valence electrons. The molecule has 0 aliphatic rings. The van der Waals surface area contributed by atoms with E-state index in [1.807, 2.05) is 47.2 Å². The minimum atomic E-state index is -0.298. The van der Waals surface area contributed by atoms with Crippen molar-refractivity contribution >= 4 is 5.95 Å². The molecule has 5 aromatic rings. The van der Waals surface area contributed by atoms with Crippen LogP contribution in [0.25, 0.3) is 28.5 Å². The van der Waals surface area contributed by atoms with Gasteiger partial charge in [0.15, 0.2) is 0 Å². The van der Waals surface area contributed by atoms with E-state index in [0.29, 0.717) is 17.6 Å². The van der Waals surface area contributed by atoms with Gasteiger partial charge < -0.3 is 5.32 Å². The molecule has 2 aromatic carbocycles. The molecule has 3 heterocycles. The molecule has 0 saturated carbocycles. The summed E-state index contributed by atoms with van der Waals surface area (Å²) in [5.74, 6) is 1.50. The number of imidazole rings is 1. The number of hydrogen-bond acceptors (Lipinski definition) is 5. The van der Waals surface area contributed by atoms with Crippen LogP contribution in [0.5, 0.6) is 0 Å². The molecule has 0 amide bonds. The maximum absolute atomic E-state index is 13.5. The van der Waals surface area contributed by atoms with E-state index in [1.165, 1.54) is 12.1 Å². The van der Waals surface area contributed by atoms with Crippen molar-refractivity contribution in [3.05, 3.63) is 109 Å². The van der Waals surface area contributed by atoms with Crippen LogP contribution in [-0.4, -0.2) is 24.5 Å². The van der Waals surface area contributed by atoms with Crippen LogP contribution < -0.4 is 5.32 Å². The molecular formula is C26H21FN6. The van der Waals surface area contributed by atoms with Gasteiger partial charge in [-0.1, -0.05) is 30.3 Å². The number of pyridine rings is 1. The Balaban J connectivity index is 1.55. The minimum absolute atomic E-state index is 0.0340. The summed E-state index contributed by atoms with van der Waals surface area (Å²) in [6.07, 6.45) is 7.09. The zero-order chi connectivity index (χ0) is 22.6. The SMILES string of the molecule is C[C@H](Nc1nccc(-n2cc(-c3cccnc3)nc2-c2ccc(F)cc2)n1)c1ccccc1. The first-order valence-electron chi connectivity index (χ1n) is 10.6. The number of halogens is 1. The van der Waals surface area contributed by atoms with Gasteiger partial charge in [0.05, 0.1) is 11.7 Å². The van der Waals surface area contributed by atoms with E-state index in [2.05, 4.69) is 34.3 Å². The smallest absolute Gasteiger partial charge is 0.225 e. The second-order valence-corrected chi connectivity index (χ2v) is 7.58. The number of nitrogens with zero attached hydrogens (tertiary/aromatic N) is 5. The highest BCUT2D eigenvalue weighted by Crippen LogP contribution is 2.27. The van der Waals surface area contributed by atoms with E-state index in [4.69, 9.17) is 9.97 Å². The van der Waals surface area contributed by atoms with Gasteiger partial charge in [-0.05, 0) is 55.0 Å². The summed E-state index contributed by atoms with van der Waals surface area (Å²) in [6.45, 7) is 2.06. The van der Waals surface area contributed by atoms with E-state index < -0.39 is 0 Å². The molecule has 0 radical (unpaired) electrons. The van der Waals surface area contributed by atoms with Crippen molar-refractivity contribution in [2.45, 2.75) is 13.0 Å². The summed E-state index contributed by atoms with van der Waals surface area (Å²) in [7, 11) is 0. The van der Waals surface area contributed by atoms with Crippen LogP contribution in [0.2, 0.25) is 0 Å². The maximum Gasteiger partial charge on any atom is 0.225 e. The fourth-order valence-electron chi connectivity index (χ4n) is 3.58. The van der Waals surface area contributed by atoms with Gasteiger partial charge in [0.1, 0.15) is 17.5 Å². The highest BCUT2D eigenvalue weighted by atomic mass is 19.1. The first-order chi connectivity index (χ1) is 16.2. The third-order valence-corrected chi connectivity index (χ3v) is 5.30. The molecule has 0 aliphatic carbocycles. The molecule has 0 saturated heterocycles. The van der Waals surface area contributed by atoms with Crippen molar-refractivity contribution in [1.82, 2.24) is 24.5 Å². The Morgan fingerprint density at radius 3 is 2.42 bits per heavy atom. The molecule has 5 rings (SSSR count). The number of aromatic nitrogens is 5. The lowest BCUT2D eigenvalue weighted by molar-refractivity contribution is 0.628. The van der Waals surface area contributed by atoms with E-state index in [-0.39, 0.29) is 11.9 Å². The second kappa shape index (κ2) is 9.00. The van der Waals surface area contributed by atoms with Crippen molar-refractivity contribution < 1.29 is 4.39 Å². The van der Waals surface area contributed by atoms with Crippen LogP contribution in [0.1, 0.15) is 18.5 Å². The van der Waals surface area contributed by atoms with Gasteiger partial charge in [-0.15, -0.1) is 0 Å². The Kier molecular flexibility index (Phi) is 5.59. The summed E-state index contributed by atoms with van der Waals surface area (Å²) in [4.78, 5) is 18.1. The lowest BCUT2D eigenvalue weighted by Crippen LogP contribution is -2.10. The minimum Gasteiger partial charge on any atom is -0.348 e. The van der Waals surface area contributed by atoms with Gasteiger partial charge in [0.25, 0.3) is 0 Å². The molecule has 3 aromatic heterocycles. The fraction of sp³-hybridized carbons (Fsp3) is 0.0769. The number of anilines is 1. The highest BCUT2D eigenvalue weighted by Gasteiger charge is 2.15. The lowest BCUT2D eigenvalue weighted by Gasteiger charge is -2.15. The molecule has 33 heavy (non-hydrogen) atoms. The number of hydrogen-bond donors (Lipinski definition) is 1. The number of nitrogens with one attached hydrogen (secondary N) is 1. The zero-order valence-corrected chi connectivity index (χ0v) is 17.9. The molecule has 0 spiro atoms. The Hall–Kier alpha value is -4.39. The fourth-order valence-corrected chi connectivity index (χ4v) is 3.58. The molecule has 0 fully saturated rings. The van der Waals surface area contributed by atoms with Gasteiger partial charge in [-0.3, -0.25) is 9.55 Å². The monoisotopic (exact) mass is 436 g/mol. The molecule has 1 N–H and O–H groups in total. The normalized spacial score (nSPS) is 11.8. The average molecular weight is 436 g/mol. The topological polar surface area (TPSA) is 68.5 Å². The molecule has 6 nitrogen and oxygen atoms in total. The van der Waals surface area contributed by atoms with E-state index in [1.54, 1.807) is 30.7 Å². The standard InChI is InChI=1S/C26H21FN6/c1-18(19-6-3-2-4-7-19)30-26-29-15-13-24(32-26)33-17-23(21-8-5-14-28-16-21)31-25(33)20-9-11-22(27)12-10-20/h2-18H,1H3,(H,29,30,32)/t18-/m0/s1. The van der Waals surface area contributed by atoms with Gasteiger partial charge in [0, 0.05) is 35.9 Å². The first-order valence-corrected chi connectivity index (χ1v) is 10.6. The van der Waals surface area contributed by atoms with Gasteiger partial charge in [0.2, 0.25) is 5.95 Å². The maximum atomic E-state index is 13.5. The van der Waals surface area contributed by atoms with E-state index in [9.17, 15) is 4.39 Å². The van der Waals surface area contributed by atoms with Gasteiger partial charge >= 0.3 is 0 Å². The van der Waals surface area contributed by atoms with Crippen LogP contribution in [0, 0.1) is 5.82 Å². The summed E-state index contributed by atoms with van der Waals surface area (Å²) in [5.41, 5.74) is 3.54. The lowest BCUT2D eigenvalue weighted by atomic mass is 10.1. The Bertz CT molecular complexity index is 1350. The third kappa shape index (κ3) is 4.48. The van der Waals surface area contributed by atoms with Crippen molar-refractivity contribution in [3.8, 4) is 28.5 Å². The van der Waals surface area contributed by atoms with Crippen molar-refractivity contribution in [1.29, 1.82) is 0 Å². The Morgan fingerprint density at radius 1 is 0.848 bits per heavy atom. The predicted molar refractivity (Wildman–Crippen MR) is 126 cm³/mol. The van der Waals surface area contributed by atoms with E-state index >= 15 is 0 Å².